The van der Waals surface area contributed by atoms with Crippen molar-refractivity contribution in [2.24, 2.45) is 0 Å². The predicted molar refractivity (Wildman–Crippen MR) is 116 cm³/mol. The molecule has 0 saturated heterocycles. The largest absolute Gasteiger partial charge is 0.497 e. The fourth-order valence-electron chi connectivity index (χ4n) is 2.84. The monoisotopic (exact) mass is 434 g/mol. The molecule has 0 saturated carbocycles. The second-order valence-electron chi connectivity index (χ2n) is 6.65. The molecule has 1 amide bonds. The molecular formula is C22H30N2O5S. The van der Waals surface area contributed by atoms with E-state index >= 15 is 0 Å². The summed E-state index contributed by atoms with van der Waals surface area (Å²) in [5, 5.41) is 2.77. The highest BCUT2D eigenvalue weighted by Crippen LogP contribution is 2.20. The number of hydrogen-bond acceptors (Lipinski definition) is 5. The molecule has 0 fully saturated rings. The maximum Gasteiger partial charge on any atom is 0.243 e. The van der Waals surface area contributed by atoms with Crippen molar-refractivity contribution in [2.75, 3.05) is 40.0 Å². The third-order valence-electron chi connectivity index (χ3n) is 4.50. The first-order valence-electron chi connectivity index (χ1n) is 10.00. The van der Waals surface area contributed by atoms with Gasteiger partial charge in [0.25, 0.3) is 0 Å². The summed E-state index contributed by atoms with van der Waals surface area (Å²) >= 11 is 0. The average molecular weight is 435 g/mol. The topological polar surface area (TPSA) is 84.9 Å². The van der Waals surface area contributed by atoms with Gasteiger partial charge in [0.1, 0.15) is 5.75 Å². The van der Waals surface area contributed by atoms with Crippen molar-refractivity contribution < 1.29 is 22.7 Å². The molecule has 0 aromatic heterocycles. The molecule has 1 N–H and O–H groups in total. The Morgan fingerprint density at radius 1 is 1.07 bits per heavy atom. The summed E-state index contributed by atoms with van der Waals surface area (Å²) in [6, 6.07) is 15.8. The quantitative estimate of drug-likeness (QED) is 0.490. The van der Waals surface area contributed by atoms with Crippen LogP contribution in [-0.4, -0.2) is 58.6 Å². The van der Waals surface area contributed by atoms with E-state index in [0.29, 0.717) is 38.3 Å². The molecule has 164 valence electrons. The minimum Gasteiger partial charge on any atom is -0.497 e. The highest BCUT2D eigenvalue weighted by atomic mass is 32.2. The molecule has 7 nitrogen and oxygen atoms in total. The number of amides is 1. The smallest absolute Gasteiger partial charge is 0.243 e. The van der Waals surface area contributed by atoms with Gasteiger partial charge in [-0.3, -0.25) is 4.79 Å². The zero-order valence-corrected chi connectivity index (χ0v) is 18.4. The molecule has 0 heterocycles. The first kappa shape index (κ1) is 23.9. The van der Waals surface area contributed by atoms with Gasteiger partial charge in [-0.25, -0.2) is 8.42 Å². The van der Waals surface area contributed by atoms with Crippen LogP contribution in [0.25, 0.3) is 0 Å². The summed E-state index contributed by atoms with van der Waals surface area (Å²) in [7, 11) is -2.32. The number of carbonyl (C=O) groups is 1. The van der Waals surface area contributed by atoms with Crippen LogP contribution in [0.15, 0.2) is 59.5 Å². The molecule has 0 spiro atoms. The predicted octanol–water partition coefficient (Wildman–Crippen LogP) is 2.47. The van der Waals surface area contributed by atoms with Gasteiger partial charge in [0.05, 0.1) is 18.6 Å². The van der Waals surface area contributed by atoms with Crippen molar-refractivity contribution in [3.05, 3.63) is 60.2 Å². The first-order chi connectivity index (χ1) is 14.5. The summed E-state index contributed by atoms with van der Waals surface area (Å²) < 4.78 is 37.9. The van der Waals surface area contributed by atoms with Gasteiger partial charge in [-0.2, -0.15) is 4.31 Å². The summed E-state index contributed by atoms with van der Waals surface area (Å²) in [5.74, 6) is 0.230. The molecule has 30 heavy (non-hydrogen) atoms. The molecule has 0 aliphatic carbocycles. The van der Waals surface area contributed by atoms with Crippen molar-refractivity contribution in [1.82, 2.24) is 9.62 Å². The molecule has 8 heteroatoms. The minimum atomic E-state index is -3.84. The van der Waals surface area contributed by atoms with Crippen LogP contribution in [0.5, 0.6) is 5.75 Å². The number of nitrogens with zero attached hydrogens (tertiary/aromatic N) is 1. The van der Waals surface area contributed by atoms with Crippen molar-refractivity contribution in [1.29, 1.82) is 0 Å². The van der Waals surface area contributed by atoms with Gasteiger partial charge < -0.3 is 14.8 Å². The van der Waals surface area contributed by atoms with Crippen molar-refractivity contribution in [3.63, 3.8) is 0 Å². The molecule has 0 unspecified atom stereocenters. The van der Waals surface area contributed by atoms with Crippen molar-refractivity contribution >= 4 is 15.9 Å². The molecule has 2 aromatic rings. The Balaban J connectivity index is 2.09. The summed E-state index contributed by atoms with van der Waals surface area (Å²) in [5.41, 5.74) is 1.00. The Hall–Kier alpha value is -2.42. The first-order valence-corrected chi connectivity index (χ1v) is 11.4. The normalized spacial score (nSPS) is 11.4. The van der Waals surface area contributed by atoms with Gasteiger partial charge >= 0.3 is 0 Å². The number of nitrogens with one attached hydrogen (secondary N) is 1. The molecule has 0 radical (unpaired) electrons. The minimum absolute atomic E-state index is 0.125. The van der Waals surface area contributed by atoms with Crippen LogP contribution in [0, 0.1) is 0 Å². The van der Waals surface area contributed by atoms with Gasteiger partial charge in [0.2, 0.25) is 15.9 Å². The summed E-state index contributed by atoms with van der Waals surface area (Å²) in [6.07, 6.45) is 1.18. The molecule has 0 atom stereocenters. The van der Waals surface area contributed by atoms with E-state index in [2.05, 4.69) is 5.32 Å². The van der Waals surface area contributed by atoms with E-state index in [1.165, 1.54) is 23.5 Å². The van der Waals surface area contributed by atoms with Crippen molar-refractivity contribution in [2.45, 2.75) is 24.7 Å². The van der Waals surface area contributed by atoms with Crippen LogP contribution < -0.4 is 10.1 Å². The Bertz CT molecular complexity index is 870. The van der Waals surface area contributed by atoms with Crippen molar-refractivity contribution in [3.8, 4) is 5.75 Å². The third kappa shape index (κ3) is 7.44. The fraction of sp³-hybridized carbons (Fsp3) is 0.409. The van der Waals surface area contributed by atoms with E-state index in [1.807, 2.05) is 37.3 Å². The summed E-state index contributed by atoms with van der Waals surface area (Å²) in [6.45, 7) is 3.49. The molecule has 2 aromatic carbocycles. The molecular weight excluding hydrogens is 404 g/mol. The van der Waals surface area contributed by atoms with Gasteiger partial charge in [-0.1, -0.05) is 30.3 Å². The maximum atomic E-state index is 13.2. The molecule has 2 rings (SSSR count). The number of rotatable bonds is 13. The van der Waals surface area contributed by atoms with E-state index < -0.39 is 10.0 Å². The van der Waals surface area contributed by atoms with Gasteiger partial charge in [-0.15, -0.1) is 0 Å². The van der Waals surface area contributed by atoms with Crippen LogP contribution >= 0.6 is 0 Å². The standard InChI is InChI=1S/C22H30N2O5S/c1-3-29-17-7-15-23-22(25)18-24(16-14-19-8-5-4-6-9-19)30(26,27)21-12-10-20(28-2)11-13-21/h4-6,8-13H,3,7,14-18H2,1-2H3,(H,23,25). The Morgan fingerprint density at radius 3 is 2.40 bits per heavy atom. The Morgan fingerprint density at radius 2 is 1.77 bits per heavy atom. The second kappa shape index (κ2) is 12.3. The molecule has 0 aliphatic rings. The second-order valence-corrected chi connectivity index (χ2v) is 8.59. The maximum absolute atomic E-state index is 13.2. The van der Waals surface area contributed by atoms with Crippen LogP contribution in [0.1, 0.15) is 18.9 Å². The zero-order valence-electron chi connectivity index (χ0n) is 17.5. The number of benzene rings is 2. The lowest BCUT2D eigenvalue weighted by Crippen LogP contribution is -2.42. The number of ether oxygens (including phenoxy) is 2. The van der Waals surface area contributed by atoms with E-state index in [-0.39, 0.29) is 23.9 Å². The average Bonchev–Trinajstić information content (AvgIpc) is 2.77. The lowest BCUT2D eigenvalue weighted by atomic mass is 10.1. The fourth-order valence-corrected chi connectivity index (χ4v) is 4.24. The SMILES string of the molecule is CCOCCCNC(=O)CN(CCc1ccccc1)S(=O)(=O)c1ccc(OC)cc1. The lowest BCUT2D eigenvalue weighted by molar-refractivity contribution is -0.121. The van der Waals surface area contributed by atoms with Crippen LogP contribution in [-0.2, 0) is 26.0 Å². The number of sulfonamides is 1. The Labute approximate surface area is 179 Å². The van der Waals surface area contributed by atoms with Gasteiger partial charge in [0, 0.05) is 26.3 Å². The van der Waals surface area contributed by atoms with E-state index in [4.69, 9.17) is 9.47 Å². The lowest BCUT2D eigenvalue weighted by Gasteiger charge is -2.22. The highest BCUT2D eigenvalue weighted by Gasteiger charge is 2.26. The van der Waals surface area contributed by atoms with E-state index in [0.717, 1.165) is 5.56 Å². The van der Waals surface area contributed by atoms with Crippen LogP contribution in [0.4, 0.5) is 0 Å². The molecule has 0 aliphatic heterocycles. The van der Waals surface area contributed by atoms with E-state index in [1.54, 1.807) is 12.1 Å². The third-order valence-corrected chi connectivity index (χ3v) is 6.36. The van der Waals surface area contributed by atoms with Gasteiger partial charge in [0.15, 0.2) is 0 Å². The number of hydrogen-bond donors (Lipinski definition) is 1. The van der Waals surface area contributed by atoms with Crippen LogP contribution in [0.3, 0.4) is 0 Å². The number of carbonyl (C=O) groups excluding carboxylic acids is 1. The summed E-state index contributed by atoms with van der Waals surface area (Å²) in [4.78, 5) is 12.5. The molecule has 0 bridgehead atoms. The zero-order chi connectivity index (χ0) is 21.8. The Kier molecular flexibility index (Phi) is 9.79. The van der Waals surface area contributed by atoms with E-state index in [9.17, 15) is 13.2 Å². The highest BCUT2D eigenvalue weighted by molar-refractivity contribution is 7.89. The van der Waals surface area contributed by atoms with Gasteiger partial charge in [-0.05, 0) is 49.6 Å². The number of methoxy groups -OCH3 is 1. The van der Waals surface area contributed by atoms with Crippen LogP contribution in [0.2, 0.25) is 0 Å².